The minimum atomic E-state index is -0.377. The maximum atomic E-state index is 12.4. The summed E-state index contributed by atoms with van der Waals surface area (Å²) in [7, 11) is 0. The Bertz CT molecular complexity index is 1300. The summed E-state index contributed by atoms with van der Waals surface area (Å²) in [4.78, 5) is 29.2. The van der Waals surface area contributed by atoms with Crippen LogP contribution in [0.5, 0.6) is 5.75 Å². The number of aromatic nitrogens is 2. The Hall–Kier alpha value is -4.13. The summed E-state index contributed by atoms with van der Waals surface area (Å²) in [5.74, 6) is 0.479. The van der Waals surface area contributed by atoms with Crippen molar-refractivity contribution in [3.05, 3.63) is 100 Å². The molecule has 0 fully saturated rings. The molecule has 0 atom stereocenters. The summed E-state index contributed by atoms with van der Waals surface area (Å²) in [6.45, 7) is 4.00. The fraction of sp³-hybridized carbons (Fsp3) is 0.125. The van der Waals surface area contributed by atoms with Crippen LogP contribution < -0.4 is 20.9 Å². The number of amides is 2. The first-order valence-corrected chi connectivity index (χ1v) is 9.83. The van der Waals surface area contributed by atoms with Gasteiger partial charge in [-0.15, -0.1) is 0 Å². The van der Waals surface area contributed by atoms with E-state index in [4.69, 9.17) is 4.74 Å². The number of aryl methyl sites for hydroxylation is 2. The number of carbonyl (C=O) groups excluding carboxylic acids is 1. The number of benzene rings is 2. The molecule has 156 valence electrons. The number of para-hydroxylation sites is 2. The number of nitrogens with one attached hydrogen (secondary N) is 2. The van der Waals surface area contributed by atoms with Gasteiger partial charge in [0.25, 0.3) is 5.56 Å². The van der Waals surface area contributed by atoms with Crippen molar-refractivity contribution in [1.29, 1.82) is 0 Å². The third-order valence-electron chi connectivity index (χ3n) is 4.68. The number of urea groups is 1. The molecule has 0 saturated heterocycles. The van der Waals surface area contributed by atoms with Gasteiger partial charge in [-0.1, -0.05) is 35.9 Å². The lowest BCUT2D eigenvalue weighted by Crippen LogP contribution is -2.20. The van der Waals surface area contributed by atoms with Crippen molar-refractivity contribution in [2.24, 2.45) is 0 Å². The van der Waals surface area contributed by atoms with Crippen LogP contribution >= 0.6 is 0 Å². The third kappa shape index (κ3) is 4.90. The van der Waals surface area contributed by atoms with Crippen LogP contribution in [-0.4, -0.2) is 15.4 Å². The van der Waals surface area contributed by atoms with Crippen LogP contribution in [0.4, 0.5) is 16.2 Å². The molecule has 0 bridgehead atoms. The quantitative estimate of drug-likeness (QED) is 0.502. The highest BCUT2D eigenvalue weighted by atomic mass is 16.5. The largest absolute Gasteiger partial charge is 0.485 e. The molecule has 0 aliphatic carbocycles. The topological polar surface area (TPSA) is 84.7 Å². The second-order valence-electron chi connectivity index (χ2n) is 7.25. The van der Waals surface area contributed by atoms with Crippen LogP contribution in [0.15, 0.2) is 77.7 Å². The highest BCUT2D eigenvalue weighted by Crippen LogP contribution is 2.25. The molecule has 0 radical (unpaired) electrons. The highest BCUT2D eigenvalue weighted by molar-refractivity contribution is 6.00. The normalized spacial score (nSPS) is 10.6. The smallest absolute Gasteiger partial charge is 0.323 e. The molecule has 2 amide bonds. The fourth-order valence-corrected chi connectivity index (χ4v) is 3.10. The van der Waals surface area contributed by atoms with E-state index < -0.39 is 0 Å². The molecule has 2 aromatic heterocycles. The van der Waals surface area contributed by atoms with Crippen LogP contribution in [-0.2, 0) is 6.61 Å². The number of carbonyl (C=O) groups is 1. The van der Waals surface area contributed by atoms with Crippen molar-refractivity contribution in [2.45, 2.75) is 20.5 Å². The summed E-state index contributed by atoms with van der Waals surface area (Å²) < 4.78 is 7.37. The lowest BCUT2D eigenvalue weighted by Gasteiger charge is -2.13. The van der Waals surface area contributed by atoms with E-state index in [1.165, 1.54) is 10.5 Å². The first-order valence-electron chi connectivity index (χ1n) is 9.83. The van der Waals surface area contributed by atoms with Crippen molar-refractivity contribution < 1.29 is 9.53 Å². The Labute approximate surface area is 179 Å². The molecule has 0 saturated carbocycles. The number of anilines is 2. The van der Waals surface area contributed by atoms with Crippen molar-refractivity contribution in [1.82, 2.24) is 9.38 Å². The molecule has 0 unspecified atom stereocenters. The van der Waals surface area contributed by atoms with E-state index >= 15 is 0 Å². The van der Waals surface area contributed by atoms with E-state index in [1.807, 2.05) is 50.2 Å². The number of nitrogens with zero attached hydrogens (tertiary/aromatic N) is 2. The maximum absolute atomic E-state index is 12.4. The van der Waals surface area contributed by atoms with Gasteiger partial charge in [0.05, 0.1) is 11.4 Å². The van der Waals surface area contributed by atoms with Gasteiger partial charge in [-0.2, -0.15) is 0 Å². The summed E-state index contributed by atoms with van der Waals surface area (Å²) in [6, 6.07) is 19.4. The molecule has 4 rings (SSSR count). The van der Waals surface area contributed by atoms with Gasteiger partial charge in [-0.25, -0.2) is 9.78 Å². The van der Waals surface area contributed by atoms with Crippen LogP contribution in [0.25, 0.3) is 5.65 Å². The number of hydrogen-bond donors (Lipinski definition) is 2. The van der Waals surface area contributed by atoms with Crippen LogP contribution in [0.3, 0.4) is 0 Å². The van der Waals surface area contributed by atoms with Gasteiger partial charge in [0, 0.05) is 18.0 Å². The molecule has 2 N–H and O–H groups in total. The van der Waals surface area contributed by atoms with Crippen LogP contribution in [0.1, 0.15) is 16.8 Å². The van der Waals surface area contributed by atoms with Crippen molar-refractivity contribution in [3.8, 4) is 5.75 Å². The first-order chi connectivity index (χ1) is 15.0. The molecule has 0 spiro atoms. The van der Waals surface area contributed by atoms with Gasteiger partial charge in [0.15, 0.2) is 0 Å². The Kier molecular flexibility index (Phi) is 5.66. The predicted molar refractivity (Wildman–Crippen MR) is 121 cm³/mol. The average molecular weight is 414 g/mol. The van der Waals surface area contributed by atoms with E-state index in [-0.39, 0.29) is 18.2 Å². The SMILES string of the molecule is Cc1ccc(NC(=O)Nc2ccccc2OCc2cc(=O)n3cc(C)ccc3n2)cc1. The van der Waals surface area contributed by atoms with Gasteiger partial charge in [0.2, 0.25) is 0 Å². The van der Waals surface area contributed by atoms with Gasteiger partial charge in [-0.3, -0.25) is 9.20 Å². The van der Waals surface area contributed by atoms with E-state index in [1.54, 1.807) is 30.5 Å². The zero-order valence-electron chi connectivity index (χ0n) is 17.3. The lowest BCUT2D eigenvalue weighted by atomic mass is 10.2. The highest BCUT2D eigenvalue weighted by Gasteiger charge is 2.09. The minimum Gasteiger partial charge on any atom is -0.485 e. The lowest BCUT2D eigenvalue weighted by molar-refractivity contribution is 0.261. The zero-order valence-corrected chi connectivity index (χ0v) is 17.3. The maximum Gasteiger partial charge on any atom is 0.323 e. The van der Waals surface area contributed by atoms with Gasteiger partial charge in [-0.05, 0) is 49.7 Å². The predicted octanol–water partition coefficient (Wildman–Crippen LogP) is 4.53. The zero-order chi connectivity index (χ0) is 21.8. The van der Waals surface area contributed by atoms with Crippen molar-refractivity contribution >= 4 is 23.1 Å². The van der Waals surface area contributed by atoms with E-state index in [9.17, 15) is 9.59 Å². The van der Waals surface area contributed by atoms with Gasteiger partial charge in [0.1, 0.15) is 18.0 Å². The molecule has 0 aliphatic rings. The van der Waals surface area contributed by atoms with Gasteiger partial charge >= 0.3 is 6.03 Å². The second kappa shape index (κ2) is 8.71. The van der Waals surface area contributed by atoms with Crippen molar-refractivity contribution in [2.75, 3.05) is 10.6 Å². The molecule has 7 nitrogen and oxygen atoms in total. The molecule has 7 heteroatoms. The summed E-state index contributed by atoms with van der Waals surface area (Å²) in [5, 5.41) is 5.58. The van der Waals surface area contributed by atoms with E-state index in [0.717, 1.165) is 11.1 Å². The molecular weight excluding hydrogens is 392 g/mol. The first kappa shape index (κ1) is 20.2. The van der Waals surface area contributed by atoms with Crippen LogP contribution in [0.2, 0.25) is 0 Å². The Morgan fingerprint density at radius 2 is 1.71 bits per heavy atom. The number of rotatable bonds is 5. The Morgan fingerprint density at radius 1 is 0.968 bits per heavy atom. The number of ether oxygens (including phenoxy) is 1. The standard InChI is InChI=1S/C24H22N4O3/c1-16-7-10-18(11-8-16)26-24(30)27-20-5-3-4-6-21(20)31-15-19-13-23(29)28-14-17(2)9-12-22(28)25-19/h3-14H,15H2,1-2H3,(H2,26,27,30). The summed E-state index contributed by atoms with van der Waals surface area (Å²) in [6.07, 6.45) is 1.75. The van der Waals surface area contributed by atoms with Crippen molar-refractivity contribution in [3.63, 3.8) is 0 Å². The molecule has 2 heterocycles. The number of hydrogen-bond acceptors (Lipinski definition) is 4. The Morgan fingerprint density at radius 3 is 2.52 bits per heavy atom. The Balaban J connectivity index is 1.47. The minimum absolute atomic E-state index is 0.0951. The molecule has 0 aliphatic heterocycles. The summed E-state index contributed by atoms with van der Waals surface area (Å²) >= 11 is 0. The molecular formula is C24H22N4O3. The monoisotopic (exact) mass is 414 g/mol. The summed E-state index contributed by atoms with van der Waals surface area (Å²) in [5.41, 5.74) is 4.19. The molecule has 4 aromatic rings. The third-order valence-corrected chi connectivity index (χ3v) is 4.68. The van der Waals surface area contributed by atoms with E-state index in [0.29, 0.717) is 28.5 Å². The molecule has 2 aromatic carbocycles. The van der Waals surface area contributed by atoms with E-state index in [2.05, 4.69) is 15.6 Å². The second-order valence-corrected chi connectivity index (χ2v) is 7.25. The van der Waals surface area contributed by atoms with Crippen LogP contribution in [0, 0.1) is 13.8 Å². The number of fused-ring (bicyclic) bond motifs is 1. The average Bonchev–Trinajstić information content (AvgIpc) is 2.75. The number of pyridine rings is 1. The molecule has 31 heavy (non-hydrogen) atoms. The fourth-order valence-electron chi connectivity index (χ4n) is 3.10. The van der Waals surface area contributed by atoms with Gasteiger partial charge < -0.3 is 15.4 Å².